The molecule has 0 aliphatic carbocycles. The van der Waals surface area contributed by atoms with Crippen LogP contribution in [0.25, 0.3) is 0 Å². The zero-order chi connectivity index (χ0) is 31.2. The smallest absolute Gasteiger partial charge is 0.322 e. The first-order valence-electron chi connectivity index (χ1n) is 13.5. The zero-order valence-electron chi connectivity index (χ0n) is 23.6. The van der Waals surface area contributed by atoms with E-state index in [2.05, 4.69) is 0 Å². The monoisotopic (exact) mass is 683 g/mol. The summed E-state index contributed by atoms with van der Waals surface area (Å²) in [5.74, 6) is 0.363. The molecule has 2 aliphatic heterocycles. The van der Waals surface area contributed by atoms with Gasteiger partial charge in [0.2, 0.25) is 10.0 Å². The van der Waals surface area contributed by atoms with Crippen LogP contribution in [0.4, 0.5) is 4.79 Å². The predicted octanol–water partition coefficient (Wildman–Crippen LogP) is 7.32. The molecule has 0 N–H and O–H groups in total. The van der Waals surface area contributed by atoms with Crippen LogP contribution in [-0.4, -0.2) is 61.7 Å². The van der Waals surface area contributed by atoms with E-state index in [1.165, 1.54) is 21.3 Å². The van der Waals surface area contributed by atoms with E-state index in [-0.39, 0.29) is 60.0 Å². The van der Waals surface area contributed by atoms with Crippen LogP contribution in [0.2, 0.25) is 15.1 Å². The highest BCUT2D eigenvalue weighted by atomic mass is 35.5. The van der Waals surface area contributed by atoms with Crippen LogP contribution in [-0.2, 0) is 25.8 Å². The standard InChI is InChI=1S/C30H29Cl4N3O5S/c1-4-42-25-18-24(33)26(43(39,40)36-13-15-41-16-14-36)17-23(25)27-35-29(2,19-5-9-21(31)10-6-19)30(3,37(27)28(34)38)20-7-11-22(32)12-8-20/h5-12,17-18H,4,13-16H2,1-3H3/t29-,30+/m0/s1. The molecule has 2 aliphatic rings. The molecule has 0 unspecified atom stereocenters. The third kappa shape index (κ3) is 5.54. The molecule has 0 radical (unpaired) electrons. The Hall–Kier alpha value is -2.37. The summed E-state index contributed by atoms with van der Waals surface area (Å²) < 4.78 is 40.2. The second-order valence-corrected chi connectivity index (χ2v) is 13.9. The van der Waals surface area contributed by atoms with Crippen LogP contribution in [0, 0.1) is 0 Å². The second kappa shape index (κ2) is 12.2. The Morgan fingerprint density at radius 1 is 0.953 bits per heavy atom. The fourth-order valence-electron chi connectivity index (χ4n) is 5.65. The van der Waals surface area contributed by atoms with Crippen molar-refractivity contribution in [3.8, 4) is 5.75 Å². The molecule has 0 bridgehead atoms. The van der Waals surface area contributed by atoms with E-state index in [1.807, 2.05) is 26.0 Å². The van der Waals surface area contributed by atoms with Crippen molar-refractivity contribution in [1.29, 1.82) is 0 Å². The zero-order valence-corrected chi connectivity index (χ0v) is 27.5. The van der Waals surface area contributed by atoms with Gasteiger partial charge in [0, 0.05) is 29.2 Å². The van der Waals surface area contributed by atoms with E-state index in [9.17, 15) is 13.2 Å². The largest absolute Gasteiger partial charge is 0.493 e. The van der Waals surface area contributed by atoms with Crippen LogP contribution in [0.5, 0.6) is 5.75 Å². The van der Waals surface area contributed by atoms with Crippen LogP contribution in [0.15, 0.2) is 70.6 Å². The van der Waals surface area contributed by atoms with Gasteiger partial charge < -0.3 is 9.47 Å². The number of carbonyl (C=O) groups excluding carboxylic acids is 1. The van der Waals surface area contributed by atoms with Crippen LogP contribution >= 0.6 is 46.4 Å². The number of benzene rings is 3. The number of halogens is 4. The lowest BCUT2D eigenvalue weighted by Gasteiger charge is -2.44. The van der Waals surface area contributed by atoms with Crippen LogP contribution in [0.1, 0.15) is 37.5 Å². The summed E-state index contributed by atoms with van der Waals surface area (Å²) in [6.07, 6.45) is 0. The van der Waals surface area contributed by atoms with Crippen LogP contribution < -0.4 is 4.74 Å². The molecule has 8 nitrogen and oxygen atoms in total. The number of hydrogen-bond donors (Lipinski definition) is 0. The van der Waals surface area contributed by atoms with Crippen molar-refractivity contribution in [3.05, 3.63) is 92.4 Å². The summed E-state index contributed by atoms with van der Waals surface area (Å²) in [5.41, 5.74) is -0.690. The number of sulfonamides is 1. The van der Waals surface area contributed by atoms with Gasteiger partial charge in [-0.15, -0.1) is 0 Å². The molecule has 5 rings (SSSR count). The highest BCUT2D eigenvalue weighted by molar-refractivity contribution is 7.89. The maximum absolute atomic E-state index is 13.8. The molecular formula is C30H29Cl4N3O5S. The SMILES string of the molecule is CCOc1cc(Cl)c(S(=O)(=O)N2CCOCC2)cc1C1=N[C@@](C)(c2ccc(Cl)cc2)[C@@](C)(c2ccc(Cl)cc2)N1C(=O)Cl. The van der Waals surface area contributed by atoms with Crippen molar-refractivity contribution in [2.45, 2.75) is 36.7 Å². The minimum atomic E-state index is -4.04. The molecule has 3 aromatic rings. The quantitative estimate of drug-likeness (QED) is 0.192. The van der Waals surface area contributed by atoms with Crippen molar-refractivity contribution in [2.24, 2.45) is 4.99 Å². The fraction of sp³-hybridized carbons (Fsp3) is 0.333. The minimum Gasteiger partial charge on any atom is -0.493 e. The molecule has 0 spiro atoms. The maximum Gasteiger partial charge on any atom is 0.322 e. The lowest BCUT2D eigenvalue weighted by atomic mass is 9.71. The summed E-state index contributed by atoms with van der Waals surface area (Å²) in [6, 6.07) is 17.0. The third-order valence-corrected chi connectivity index (χ3v) is 11.1. The van der Waals surface area contributed by atoms with Crippen molar-refractivity contribution < 1.29 is 22.7 Å². The Labute approximate surface area is 271 Å². The van der Waals surface area contributed by atoms with Gasteiger partial charge in [0.15, 0.2) is 0 Å². The van der Waals surface area contributed by atoms with Gasteiger partial charge in [-0.25, -0.2) is 8.42 Å². The van der Waals surface area contributed by atoms with Gasteiger partial charge in [-0.05, 0) is 73.8 Å². The number of hydrogen-bond acceptors (Lipinski definition) is 6. The lowest BCUT2D eigenvalue weighted by molar-refractivity contribution is 0.0730. The summed E-state index contributed by atoms with van der Waals surface area (Å²) in [4.78, 5) is 19.9. The summed E-state index contributed by atoms with van der Waals surface area (Å²) in [5, 5.41) is 0.186. The van der Waals surface area contributed by atoms with Gasteiger partial charge >= 0.3 is 5.37 Å². The minimum absolute atomic E-state index is 0.0260. The summed E-state index contributed by atoms with van der Waals surface area (Å²) in [6.45, 7) is 6.64. The van der Waals surface area contributed by atoms with Gasteiger partial charge in [-0.1, -0.05) is 59.1 Å². The van der Waals surface area contributed by atoms with Crippen molar-refractivity contribution >= 4 is 67.6 Å². The molecule has 1 saturated heterocycles. The molecule has 0 aromatic heterocycles. The molecule has 13 heteroatoms. The van der Waals surface area contributed by atoms with E-state index >= 15 is 0 Å². The number of amides is 1. The van der Waals surface area contributed by atoms with Gasteiger partial charge in [-0.3, -0.25) is 14.7 Å². The Kier molecular flexibility index (Phi) is 9.09. The first kappa shape index (κ1) is 32.0. The van der Waals surface area contributed by atoms with Gasteiger partial charge in [-0.2, -0.15) is 4.31 Å². The average molecular weight is 685 g/mol. The molecule has 43 heavy (non-hydrogen) atoms. The highest BCUT2D eigenvalue weighted by Gasteiger charge is 2.59. The molecule has 2 heterocycles. The van der Waals surface area contributed by atoms with Crippen molar-refractivity contribution in [3.63, 3.8) is 0 Å². The first-order valence-corrected chi connectivity index (χ1v) is 16.5. The number of aliphatic imine (C=N–C) groups is 1. The number of morpholine rings is 1. The number of carbonyl (C=O) groups is 1. The molecule has 0 saturated carbocycles. The Balaban J connectivity index is 1.80. The van der Waals surface area contributed by atoms with Crippen molar-refractivity contribution in [2.75, 3.05) is 32.9 Å². The van der Waals surface area contributed by atoms with Crippen molar-refractivity contribution in [1.82, 2.24) is 9.21 Å². The lowest BCUT2D eigenvalue weighted by Crippen LogP contribution is -2.53. The first-order chi connectivity index (χ1) is 20.3. The molecule has 1 amide bonds. The maximum atomic E-state index is 13.8. The number of ether oxygens (including phenoxy) is 2. The number of nitrogens with zero attached hydrogens (tertiary/aromatic N) is 3. The van der Waals surface area contributed by atoms with Crippen LogP contribution in [0.3, 0.4) is 0 Å². The van der Waals surface area contributed by atoms with E-state index in [0.717, 1.165) is 5.56 Å². The number of rotatable bonds is 7. The van der Waals surface area contributed by atoms with E-state index in [1.54, 1.807) is 43.3 Å². The van der Waals surface area contributed by atoms with E-state index in [4.69, 9.17) is 60.9 Å². The topological polar surface area (TPSA) is 88.5 Å². The third-order valence-electron chi connectivity index (χ3n) is 8.09. The molecule has 3 aromatic carbocycles. The predicted molar refractivity (Wildman–Crippen MR) is 169 cm³/mol. The average Bonchev–Trinajstić information content (AvgIpc) is 3.22. The molecular weight excluding hydrogens is 656 g/mol. The normalized spacial score (nSPS) is 22.9. The fourth-order valence-corrected chi connectivity index (χ4v) is 8.08. The van der Waals surface area contributed by atoms with Gasteiger partial charge in [0.1, 0.15) is 27.6 Å². The number of amidine groups is 1. The summed E-state index contributed by atoms with van der Waals surface area (Å²) in [7, 11) is -4.04. The highest BCUT2D eigenvalue weighted by Crippen LogP contribution is 2.54. The summed E-state index contributed by atoms with van der Waals surface area (Å²) >= 11 is 25.5. The molecule has 1 fully saturated rings. The van der Waals surface area contributed by atoms with E-state index in [0.29, 0.717) is 15.6 Å². The Morgan fingerprint density at radius 3 is 2.05 bits per heavy atom. The van der Waals surface area contributed by atoms with Gasteiger partial charge in [0.25, 0.3) is 0 Å². The Bertz CT molecular complexity index is 1680. The molecule has 2 atom stereocenters. The second-order valence-electron chi connectivity index (χ2n) is 10.4. The Morgan fingerprint density at radius 2 is 1.51 bits per heavy atom. The van der Waals surface area contributed by atoms with Gasteiger partial charge in [0.05, 0.1) is 30.4 Å². The molecule has 228 valence electrons. The van der Waals surface area contributed by atoms with E-state index < -0.39 is 26.5 Å².